The molecular weight excluding hydrogens is 246 g/mol. The summed E-state index contributed by atoms with van der Waals surface area (Å²) in [5.41, 5.74) is 0. The van der Waals surface area contributed by atoms with Crippen LogP contribution in [0, 0.1) is 5.92 Å². The van der Waals surface area contributed by atoms with Crippen LogP contribution in [0.4, 0.5) is 17.6 Å². The van der Waals surface area contributed by atoms with Crippen molar-refractivity contribution in [3.63, 3.8) is 0 Å². The molecule has 1 amide bonds. The largest absolute Gasteiger partial charge is 0.480 e. The number of carboxylic acids is 1. The lowest BCUT2D eigenvalue weighted by Gasteiger charge is -2.26. The van der Waals surface area contributed by atoms with E-state index in [1.165, 1.54) is 0 Å². The summed E-state index contributed by atoms with van der Waals surface area (Å²) in [5.74, 6) is -8.87. The van der Waals surface area contributed by atoms with Gasteiger partial charge in [-0.15, -0.1) is 0 Å². The van der Waals surface area contributed by atoms with Crippen molar-refractivity contribution < 1.29 is 32.3 Å². The lowest BCUT2D eigenvalue weighted by atomic mass is 10.2. The third-order valence-corrected chi connectivity index (χ3v) is 1.76. The molecular formula is C9H13F4NO3. The molecule has 0 aliphatic heterocycles. The number of carbonyl (C=O) groups excluding carboxylic acids is 1. The van der Waals surface area contributed by atoms with E-state index < -0.39 is 30.8 Å². The maximum atomic E-state index is 12.8. The minimum atomic E-state index is -4.86. The molecule has 8 heteroatoms. The molecule has 0 unspecified atom stereocenters. The van der Waals surface area contributed by atoms with Crippen LogP contribution in [0.2, 0.25) is 0 Å². The van der Waals surface area contributed by atoms with E-state index in [0.29, 0.717) is 0 Å². The van der Waals surface area contributed by atoms with Crippen LogP contribution >= 0.6 is 0 Å². The van der Waals surface area contributed by atoms with Crippen LogP contribution in [0.5, 0.6) is 0 Å². The molecule has 1 N–H and O–H groups in total. The number of amides is 1. The van der Waals surface area contributed by atoms with E-state index in [9.17, 15) is 27.2 Å². The molecule has 0 aromatic rings. The Morgan fingerprint density at radius 1 is 1.29 bits per heavy atom. The van der Waals surface area contributed by atoms with Crippen LogP contribution in [0.25, 0.3) is 0 Å². The Morgan fingerprint density at radius 2 is 1.76 bits per heavy atom. The Kier molecular flexibility index (Phi) is 5.37. The van der Waals surface area contributed by atoms with Crippen LogP contribution in [-0.2, 0) is 9.59 Å². The lowest BCUT2D eigenvalue weighted by Crippen LogP contribution is -2.50. The van der Waals surface area contributed by atoms with Crippen LogP contribution < -0.4 is 0 Å². The van der Waals surface area contributed by atoms with Crippen LogP contribution in [0.15, 0.2) is 0 Å². The Labute approximate surface area is 95.2 Å². The summed E-state index contributed by atoms with van der Waals surface area (Å²) in [6, 6.07) is 0. The predicted octanol–water partition coefficient (Wildman–Crippen LogP) is 1.46. The first-order valence-corrected chi connectivity index (χ1v) is 4.76. The number of halogens is 4. The maximum Gasteiger partial charge on any atom is 0.383 e. The van der Waals surface area contributed by atoms with Gasteiger partial charge in [0.25, 0.3) is 5.91 Å². The zero-order valence-electron chi connectivity index (χ0n) is 9.29. The quantitative estimate of drug-likeness (QED) is 0.734. The average molecular weight is 259 g/mol. The first kappa shape index (κ1) is 15.7. The van der Waals surface area contributed by atoms with E-state index in [-0.39, 0.29) is 17.4 Å². The molecule has 0 fully saturated rings. The maximum absolute atomic E-state index is 12.8. The summed E-state index contributed by atoms with van der Waals surface area (Å²) in [5, 5.41) is 8.42. The topological polar surface area (TPSA) is 57.6 Å². The number of rotatable bonds is 6. The Balaban J connectivity index is 4.91. The zero-order chi connectivity index (χ0) is 13.8. The highest BCUT2D eigenvalue weighted by atomic mass is 19.3. The lowest BCUT2D eigenvalue weighted by molar-refractivity contribution is -0.182. The molecule has 0 heterocycles. The van der Waals surface area contributed by atoms with E-state index in [2.05, 4.69) is 0 Å². The van der Waals surface area contributed by atoms with Crippen molar-refractivity contribution >= 4 is 11.9 Å². The highest BCUT2D eigenvalue weighted by molar-refractivity contribution is 5.87. The van der Waals surface area contributed by atoms with E-state index in [0.717, 1.165) is 0 Å². The minimum Gasteiger partial charge on any atom is -0.480 e. The molecule has 0 saturated carbocycles. The Bertz CT molecular complexity index is 294. The van der Waals surface area contributed by atoms with Crippen LogP contribution in [0.1, 0.15) is 13.8 Å². The number of hydrogen-bond acceptors (Lipinski definition) is 2. The summed E-state index contributed by atoms with van der Waals surface area (Å²) in [7, 11) is 0. The van der Waals surface area contributed by atoms with Gasteiger partial charge in [-0.25, -0.2) is 8.78 Å². The second kappa shape index (κ2) is 5.83. The van der Waals surface area contributed by atoms with E-state index in [1.807, 2.05) is 0 Å². The van der Waals surface area contributed by atoms with Crippen molar-refractivity contribution in [2.45, 2.75) is 26.2 Å². The van der Waals surface area contributed by atoms with Gasteiger partial charge in [-0.05, 0) is 5.92 Å². The van der Waals surface area contributed by atoms with Crippen molar-refractivity contribution in [3.8, 4) is 0 Å². The van der Waals surface area contributed by atoms with Gasteiger partial charge in [0.1, 0.15) is 6.54 Å². The number of nitrogens with zero attached hydrogens (tertiary/aromatic N) is 1. The fourth-order valence-corrected chi connectivity index (χ4v) is 1.13. The first-order chi connectivity index (χ1) is 7.59. The number of aliphatic carboxylic acids is 1. The fraction of sp³-hybridized carbons (Fsp3) is 0.778. The van der Waals surface area contributed by atoms with Crippen LogP contribution in [0.3, 0.4) is 0 Å². The third kappa shape index (κ3) is 4.58. The molecule has 0 aromatic heterocycles. The summed E-state index contributed by atoms with van der Waals surface area (Å²) in [4.78, 5) is 21.7. The molecule has 4 nitrogen and oxygen atoms in total. The molecule has 0 bridgehead atoms. The number of alkyl halides is 4. The Morgan fingerprint density at radius 3 is 2.06 bits per heavy atom. The predicted molar refractivity (Wildman–Crippen MR) is 50.0 cm³/mol. The van der Waals surface area contributed by atoms with Gasteiger partial charge in [0.2, 0.25) is 0 Å². The molecule has 100 valence electrons. The summed E-state index contributed by atoms with van der Waals surface area (Å²) >= 11 is 0. The standard InChI is InChI=1S/C9H13F4NO3/c1-5(2)3-14(4-6(15)16)8(17)9(12,13)7(10)11/h5,7H,3-4H2,1-2H3,(H,15,16). The summed E-state index contributed by atoms with van der Waals surface area (Å²) in [6.45, 7) is 1.73. The molecule has 0 aliphatic rings. The summed E-state index contributed by atoms with van der Waals surface area (Å²) < 4.78 is 49.4. The van der Waals surface area contributed by atoms with Crippen LogP contribution in [-0.4, -0.2) is 47.3 Å². The van der Waals surface area contributed by atoms with Gasteiger partial charge in [0.05, 0.1) is 0 Å². The average Bonchev–Trinajstić information content (AvgIpc) is 2.13. The molecule has 0 rings (SSSR count). The smallest absolute Gasteiger partial charge is 0.383 e. The van der Waals surface area contributed by atoms with Crippen molar-refractivity contribution in [1.82, 2.24) is 4.90 Å². The second-order valence-corrected chi connectivity index (χ2v) is 3.90. The molecule has 0 radical (unpaired) electrons. The van der Waals surface area contributed by atoms with Gasteiger partial charge in [-0.3, -0.25) is 9.59 Å². The fourth-order valence-electron chi connectivity index (χ4n) is 1.13. The SMILES string of the molecule is CC(C)CN(CC(=O)O)C(=O)C(F)(F)C(F)F. The molecule has 0 atom stereocenters. The van der Waals surface area contributed by atoms with E-state index in [1.54, 1.807) is 13.8 Å². The first-order valence-electron chi connectivity index (χ1n) is 4.76. The molecule has 0 spiro atoms. The summed E-state index contributed by atoms with van der Waals surface area (Å²) in [6.07, 6.45) is -4.15. The van der Waals surface area contributed by atoms with E-state index in [4.69, 9.17) is 5.11 Å². The van der Waals surface area contributed by atoms with Crippen molar-refractivity contribution in [2.24, 2.45) is 5.92 Å². The molecule has 17 heavy (non-hydrogen) atoms. The number of carboxylic acid groups (broad SMARTS) is 1. The second-order valence-electron chi connectivity index (χ2n) is 3.90. The number of hydrogen-bond donors (Lipinski definition) is 1. The minimum absolute atomic E-state index is 0.221. The zero-order valence-corrected chi connectivity index (χ0v) is 9.29. The van der Waals surface area contributed by atoms with Gasteiger partial charge < -0.3 is 10.0 Å². The molecule has 0 saturated heterocycles. The number of carbonyl (C=O) groups is 2. The van der Waals surface area contributed by atoms with Crippen molar-refractivity contribution in [2.75, 3.05) is 13.1 Å². The normalized spacial score (nSPS) is 12.0. The molecule has 0 aliphatic carbocycles. The monoisotopic (exact) mass is 259 g/mol. The third-order valence-electron chi connectivity index (χ3n) is 1.76. The van der Waals surface area contributed by atoms with Crippen molar-refractivity contribution in [1.29, 1.82) is 0 Å². The van der Waals surface area contributed by atoms with Gasteiger partial charge in [0, 0.05) is 6.54 Å². The Hall–Kier alpha value is -1.34. The molecule has 0 aromatic carbocycles. The highest BCUT2D eigenvalue weighted by Crippen LogP contribution is 2.25. The van der Waals surface area contributed by atoms with Gasteiger partial charge in [0.15, 0.2) is 0 Å². The van der Waals surface area contributed by atoms with Gasteiger partial charge in [-0.1, -0.05) is 13.8 Å². The van der Waals surface area contributed by atoms with Crippen molar-refractivity contribution in [3.05, 3.63) is 0 Å². The van der Waals surface area contributed by atoms with Gasteiger partial charge >= 0.3 is 18.3 Å². The highest BCUT2D eigenvalue weighted by Gasteiger charge is 2.51. The van der Waals surface area contributed by atoms with E-state index >= 15 is 0 Å². The van der Waals surface area contributed by atoms with Gasteiger partial charge in [-0.2, -0.15) is 8.78 Å².